The van der Waals surface area contributed by atoms with Gasteiger partial charge in [0.05, 0.1) is 5.92 Å². The number of benzene rings is 2. The number of nitrogens with two attached hydrogens (primary N) is 1. The summed E-state index contributed by atoms with van der Waals surface area (Å²) in [6.07, 6.45) is 0. The normalized spacial score (nSPS) is 11.7. The number of carbonyl (C=O) groups excluding carboxylic acids is 1. The van der Waals surface area contributed by atoms with Gasteiger partial charge in [-0.2, -0.15) is 0 Å². The molecule has 0 saturated carbocycles. The lowest BCUT2D eigenvalue weighted by Crippen LogP contribution is -2.26. The highest BCUT2D eigenvalue weighted by atomic mass is 16.5. The molecule has 0 aromatic heterocycles. The van der Waals surface area contributed by atoms with Crippen LogP contribution >= 0.6 is 0 Å². The van der Waals surface area contributed by atoms with Crippen LogP contribution < -0.4 is 15.8 Å². The molecule has 2 aromatic carbocycles. The molecule has 1 amide bonds. The van der Waals surface area contributed by atoms with Crippen LogP contribution in [-0.4, -0.2) is 12.5 Å². The number of anilines is 1. The third-order valence-corrected chi connectivity index (χ3v) is 2.91. The Morgan fingerprint density at radius 3 is 2.55 bits per heavy atom. The smallest absolute Gasteiger partial charge is 0.222 e. The first-order chi connectivity index (χ1) is 9.65. The average molecular weight is 270 g/mol. The molecule has 1 atom stereocenters. The van der Waals surface area contributed by atoms with Gasteiger partial charge in [-0.1, -0.05) is 31.2 Å². The number of ether oxygens (including phenoxy) is 1. The fourth-order valence-corrected chi connectivity index (χ4v) is 1.67. The summed E-state index contributed by atoms with van der Waals surface area (Å²) in [5, 5.41) is 3.17. The number of hydrogen-bond donors (Lipinski definition) is 2. The van der Waals surface area contributed by atoms with E-state index in [-0.39, 0.29) is 11.8 Å². The number of amides is 1. The SMILES string of the molecule is CC(CNc1cccc(Oc2ccccc2)c1)C(N)=O. The number of primary amides is 1. The van der Waals surface area contributed by atoms with Crippen molar-refractivity contribution in [1.82, 2.24) is 0 Å². The molecular formula is C16H18N2O2. The first-order valence-corrected chi connectivity index (χ1v) is 6.51. The van der Waals surface area contributed by atoms with Crippen LogP contribution in [0.1, 0.15) is 6.92 Å². The van der Waals surface area contributed by atoms with Gasteiger partial charge < -0.3 is 15.8 Å². The van der Waals surface area contributed by atoms with E-state index in [9.17, 15) is 4.79 Å². The largest absolute Gasteiger partial charge is 0.457 e. The van der Waals surface area contributed by atoms with E-state index in [0.29, 0.717) is 6.54 Å². The Bertz CT molecular complexity index is 570. The van der Waals surface area contributed by atoms with Crippen molar-refractivity contribution in [2.45, 2.75) is 6.92 Å². The van der Waals surface area contributed by atoms with Crippen LogP contribution in [0.25, 0.3) is 0 Å². The molecule has 20 heavy (non-hydrogen) atoms. The molecule has 0 aliphatic carbocycles. The fourth-order valence-electron chi connectivity index (χ4n) is 1.67. The second kappa shape index (κ2) is 6.61. The molecular weight excluding hydrogens is 252 g/mol. The summed E-state index contributed by atoms with van der Waals surface area (Å²) in [6.45, 7) is 2.30. The summed E-state index contributed by atoms with van der Waals surface area (Å²) >= 11 is 0. The topological polar surface area (TPSA) is 64.3 Å². The van der Waals surface area contributed by atoms with E-state index >= 15 is 0 Å². The molecule has 4 heteroatoms. The predicted octanol–water partition coefficient (Wildman–Crippen LogP) is 3.01. The molecule has 2 rings (SSSR count). The van der Waals surface area contributed by atoms with Gasteiger partial charge in [0.15, 0.2) is 0 Å². The minimum absolute atomic E-state index is 0.214. The highest BCUT2D eigenvalue weighted by molar-refractivity contribution is 5.76. The zero-order chi connectivity index (χ0) is 14.4. The molecule has 4 nitrogen and oxygen atoms in total. The van der Waals surface area contributed by atoms with Crippen LogP contribution in [0.15, 0.2) is 54.6 Å². The fraction of sp³-hybridized carbons (Fsp3) is 0.188. The van der Waals surface area contributed by atoms with Crippen molar-refractivity contribution in [3.63, 3.8) is 0 Å². The third kappa shape index (κ3) is 4.02. The predicted molar refractivity (Wildman–Crippen MR) is 79.8 cm³/mol. The van der Waals surface area contributed by atoms with Crippen LogP contribution in [-0.2, 0) is 4.79 Å². The van der Waals surface area contributed by atoms with Crippen LogP contribution in [0.5, 0.6) is 11.5 Å². The summed E-state index contributed by atoms with van der Waals surface area (Å²) in [4.78, 5) is 11.0. The summed E-state index contributed by atoms with van der Waals surface area (Å²) in [6, 6.07) is 17.2. The highest BCUT2D eigenvalue weighted by Crippen LogP contribution is 2.23. The monoisotopic (exact) mass is 270 g/mol. The van der Waals surface area contributed by atoms with Gasteiger partial charge in [0.1, 0.15) is 11.5 Å². The van der Waals surface area contributed by atoms with Crippen molar-refractivity contribution in [2.75, 3.05) is 11.9 Å². The molecule has 3 N–H and O–H groups in total. The Hall–Kier alpha value is -2.49. The van der Waals surface area contributed by atoms with Crippen molar-refractivity contribution in [1.29, 1.82) is 0 Å². The Morgan fingerprint density at radius 2 is 1.85 bits per heavy atom. The molecule has 0 aliphatic rings. The minimum atomic E-state index is -0.311. The van der Waals surface area contributed by atoms with E-state index in [4.69, 9.17) is 10.5 Å². The number of hydrogen-bond acceptors (Lipinski definition) is 3. The molecule has 0 spiro atoms. The third-order valence-electron chi connectivity index (χ3n) is 2.91. The Kier molecular flexibility index (Phi) is 4.60. The summed E-state index contributed by atoms with van der Waals surface area (Å²) in [5.41, 5.74) is 6.12. The summed E-state index contributed by atoms with van der Waals surface area (Å²) < 4.78 is 5.74. The molecule has 0 fully saturated rings. The van der Waals surface area contributed by atoms with E-state index in [1.54, 1.807) is 6.92 Å². The van der Waals surface area contributed by atoms with Crippen LogP contribution in [0.4, 0.5) is 5.69 Å². The van der Waals surface area contributed by atoms with Crippen molar-refractivity contribution >= 4 is 11.6 Å². The van der Waals surface area contributed by atoms with Gasteiger partial charge in [-0.15, -0.1) is 0 Å². The van der Waals surface area contributed by atoms with Gasteiger partial charge >= 0.3 is 0 Å². The number of para-hydroxylation sites is 1. The number of rotatable bonds is 6. The van der Waals surface area contributed by atoms with Crippen LogP contribution in [0, 0.1) is 5.92 Å². The van der Waals surface area contributed by atoms with E-state index in [0.717, 1.165) is 17.2 Å². The van der Waals surface area contributed by atoms with E-state index < -0.39 is 0 Å². The first-order valence-electron chi connectivity index (χ1n) is 6.51. The Balaban J connectivity index is 1.99. The van der Waals surface area contributed by atoms with Gasteiger partial charge in [0, 0.05) is 18.3 Å². The maximum atomic E-state index is 11.0. The lowest BCUT2D eigenvalue weighted by Gasteiger charge is -2.12. The number of carbonyl (C=O) groups is 1. The van der Waals surface area contributed by atoms with Crippen molar-refractivity contribution in [2.24, 2.45) is 11.7 Å². The van der Waals surface area contributed by atoms with Gasteiger partial charge in [-0.3, -0.25) is 4.79 Å². The van der Waals surface area contributed by atoms with Crippen LogP contribution in [0.2, 0.25) is 0 Å². The second-order valence-corrected chi connectivity index (χ2v) is 4.63. The van der Waals surface area contributed by atoms with E-state index in [1.165, 1.54) is 0 Å². The maximum Gasteiger partial charge on any atom is 0.222 e. The molecule has 0 aliphatic heterocycles. The zero-order valence-corrected chi connectivity index (χ0v) is 11.4. The van der Waals surface area contributed by atoms with Gasteiger partial charge in [-0.25, -0.2) is 0 Å². The quantitative estimate of drug-likeness (QED) is 0.848. The molecule has 104 valence electrons. The molecule has 1 unspecified atom stereocenters. The molecule has 2 aromatic rings. The molecule has 0 saturated heterocycles. The van der Waals surface area contributed by atoms with Crippen molar-refractivity contribution in [3.8, 4) is 11.5 Å². The summed E-state index contributed by atoms with van der Waals surface area (Å²) in [5.74, 6) is 1.01. The van der Waals surface area contributed by atoms with Gasteiger partial charge in [-0.05, 0) is 24.3 Å². The van der Waals surface area contributed by atoms with E-state index in [1.807, 2.05) is 54.6 Å². The standard InChI is InChI=1S/C16H18N2O2/c1-12(16(17)19)11-18-13-6-5-9-15(10-13)20-14-7-3-2-4-8-14/h2-10,12,18H,11H2,1H3,(H2,17,19). The van der Waals surface area contributed by atoms with Crippen LogP contribution in [0.3, 0.4) is 0 Å². The molecule has 0 heterocycles. The van der Waals surface area contributed by atoms with Crippen molar-refractivity contribution < 1.29 is 9.53 Å². The average Bonchev–Trinajstić information content (AvgIpc) is 2.46. The Labute approximate surface area is 118 Å². The molecule has 0 bridgehead atoms. The highest BCUT2D eigenvalue weighted by Gasteiger charge is 2.08. The van der Waals surface area contributed by atoms with Gasteiger partial charge in [0.25, 0.3) is 0 Å². The number of nitrogens with one attached hydrogen (secondary N) is 1. The maximum absolute atomic E-state index is 11.0. The van der Waals surface area contributed by atoms with Crippen molar-refractivity contribution in [3.05, 3.63) is 54.6 Å². The van der Waals surface area contributed by atoms with Gasteiger partial charge in [0.2, 0.25) is 5.91 Å². The lowest BCUT2D eigenvalue weighted by atomic mass is 10.1. The minimum Gasteiger partial charge on any atom is -0.457 e. The Morgan fingerprint density at radius 1 is 1.15 bits per heavy atom. The summed E-state index contributed by atoms with van der Waals surface area (Å²) in [7, 11) is 0. The first kappa shape index (κ1) is 13.9. The lowest BCUT2D eigenvalue weighted by molar-refractivity contribution is -0.120. The van der Waals surface area contributed by atoms with E-state index in [2.05, 4.69) is 5.32 Å². The zero-order valence-electron chi connectivity index (χ0n) is 11.4. The molecule has 0 radical (unpaired) electrons. The second-order valence-electron chi connectivity index (χ2n) is 4.63.